The molecule has 0 saturated carbocycles. The molecule has 154 valence electrons. The van der Waals surface area contributed by atoms with Gasteiger partial charge in [-0.15, -0.1) is 11.8 Å². The number of anilines is 1. The van der Waals surface area contributed by atoms with Crippen LogP contribution in [0.5, 0.6) is 5.75 Å². The molecule has 5 nitrogen and oxygen atoms in total. The summed E-state index contributed by atoms with van der Waals surface area (Å²) in [5, 5.41) is 2.74. The van der Waals surface area contributed by atoms with Gasteiger partial charge in [0.15, 0.2) is 0 Å². The number of thioether (sulfide) groups is 1. The summed E-state index contributed by atoms with van der Waals surface area (Å²) in [6, 6.07) is 11.2. The number of nitrogens with one attached hydrogen (secondary N) is 1. The Hall–Kier alpha value is -2.18. The van der Waals surface area contributed by atoms with Gasteiger partial charge in [-0.25, -0.2) is 0 Å². The van der Waals surface area contributed by atoms with Crippen molar-refractivity contribution in [2.75, 3.05) is 12.4 Å². The molecular weight excluding hydrogens is 410 g/mol. The summed E-state index contributed by atoms with van der Waals surface area (Å²) in [4.78, 5) is 25.1. The fourth-order valence-electron chi connectivity index (χ4n) is 3.36. The first kappa shape index (κ1) is 21.5. The number of amides is 1. The zero-order chi connectivity index (χ0) is 21.1. The SMILES string of the molecule is COc1cccc(C2SC(CC(=O)OC(C)C)C(=O)Nc3ccc(Cl)cc32)c1C. The number of halogens is 1. The molecule has 1 amide bonds. The molecule has 2 aromatic carbocycles. The quantitative estimate of drug-likeness (QED) is 0.661. The first-order chi connectivity index (χ1) is 13.8. The fourth-order valence-corrected chi connectivity index (χ4v) is 5.03. The normalized spacial score (nSPS) is 18.6. The number of methoxy groups -OCH3 is 1. The van der Waals surface area contributed by atoms with Crippen molar-refractivity contribution < 1.29 is 19.1 Å². The average Bonchev–Trinajstić information content (AvgIpc) is 2.78. The lowest BCUT2D eigenvalue weighted by molar-refractivity contribution is -0.148. The summed E-state index contributed by atoms with van der Waals surface area (Å²) in [6.45, 7) is 5.57. The van der Waals surface area contributed by atoms with Crippen LogP contribution in [-0.2, 0) is 14.3 Å². The first-order valence-electron chi connectivity index (χ1n) is 9.39. The molecule has 0 aromatic heterocycles. The van der Waals surface area contributed by atoms with Gasteiger partial charge in [0.2, 0.25) is 5.91 Å². The maximum Gasteiger partial charge on any atom is 0.307 e. The van der Waals surface area contributed by atoms with Gasteiger partial charge in [-0.3, -0.25) is 9.59 Å². The van der Waals surface area contributed by atoms with Crippen LogP contribution in [0.1, 0.15) is 42.2 Å². The summed E-state index contributed by atoms with van der Waals surface area (Å²) in [6.07, 6.45) is -0.232. The second-order valence-corrected chi connectivity index (χ2v) is 8.89. The van der Waals surface area contributed by atoms with Crippen LogP contribution in [0.25, 0.3) is 0 Å². The van der Waals surface area contributed by atoms with Gasteiger partial charge in [-0.05, 0) is 61.7 Å². The molecule has 2 aromatic rings. The third-order valence-corrected chi connectivity index (χ3v) is 6.42. The largest absolute Gasteiger partial charge is 0.496 e. The molecule has 1 heterocycles. The predicted octanol–water partition coefficient (Wildman–Crippen LogP) is 5.14. The van der Waals surface area contributed by atoms with Gasteiger partial charge in [0.1, 0.15) is 5.75 Å². The highest BCUT2D eigenvalue weighted by Crippen LogP contribution is 2.47. The molecule has 1 aliphatic heterocycles. The van der Waals surface area contributed by atoms with Gasteiger partial charge in [0, 0.05) is 10.7 Å². The highest BCUT2D eigenvalue weighted by atomic mass is 35.5. The minimum atomic E-state index is -0.594. The van der Waals surface area contributed by atoms with Gasteiger partial charge in [-0.1, -0.05) is 23.7 Å². The van der Waals surface area contributed by atoms with Gasteiger partial charge in [0.05, 0.1) is 30.1 Å². The van der Waals surface area contributed by atoms with Crippen LogP contribution < -0.4 is 10.1 Å². The molecule has 2 unspecified atom stereocenters. The molecule has 0 radical (unpaired) electrons. The van der Waals surface area contributed by atoms with Gasteiger partial charge in [0.25, 0.3) is 0 Å². The van der Waals surface area contributed by atoms with Crippen molar-refractivity contribution in [2.24, 2.45) is 0 Å². The van der Waals surface area contributed by atoms with Crippen LogP contribution in [-0.4, -0.2) is 30.3 Å². The Bertz CT molecular complexity index is 931. The van der Waals surface area contributed by atoms with Crippen molar-refractivity contribution in [3.05, 3.63) is 58.1 Å². The molecule has 7 heteroatoms. The molecule has 29 heavy (non-hydrogen) atoms. The van der Waals surface area contributed by atoms with Crippen molar-refractivity contribution >= 4 is 40.9 Å². The third-order valence-electron chi connectivity index (χ3n) is 4.69. The van der Waals surface area contributed by atoms with Crippen LogP contribution in [0.4, 0.5) is 5.69 Å². The summed E-state index contributed by atoms with van der Waals surface area (Å²) >= 11 is 7.70. The van der Waals surface area contributed by atoms with Crippen LogP contribution in [0.15, 0.2) is 36.4 Å². The molecule has 0 saturated heterocycles. The van der Waals surface area contributed by atoms with E-state index in [0.29, 0.717) is 10.7 Å². The Morgan fingerprint density at radius 2 is 2.00 bits per heavy atom. The monoisotopic (exact) mass is 433 g/mol. The lowest BCUT2D eigenvalue weighted by Crippen LogP contribution is -2.28. The Kier molecular flexibility index (Phi) is 6.75. The highest BCUT2D eigenvalue weighted by Gasteiger charge is 2.34. The van der Waals surface area contributed by atoms with E-state index in [1.165, 1.54) is 11.8 Å². The van der Waals surface area contributed by atoms with E-state index in [9.17, 15) is 9.59 Å². The van der Waals surface area contributed by atoms with E-state index in [1.807, 2.05) is 31.2 Å². The van der Waals surface area contributed by atoms with Crippen LogP contribution in [0.3, 0.4) is 0 Å². The zero-order valence-electron chi connectivity index (χ0n) is 16.8. The maximum absolute atomic E-state index is 12.9. The summed E-state index contributed by atoms with van der Waals surface area (Å²) in [5.74, 6) is 0.158. The minimum absolute atomic E-state index is 0.00405. The Morgan fingerprint density at radius 3 is 2.69 bits per heavy atom. The van der Waals surface area contributed by atoms with E-state index in [-0.39, 0.29) is 23.7 Å². The molecule has 0 aliphatic carbocycles. The zero-order valence-corrected chi connectivity index (χ0v) is 18.4. The smallest absolute Gasteiger partial charge is 0.307 e. The van der Waals surface area contributed by atoms with E-state index in [0.717, 1.165) is 22.4 Å². The number of ether oxygens (including phenoxy) is 2. The standard InChI is InChI=1S/C22H24ClNO4S/c1-12(2)28-20(25)11-19-22(26)24-17-9-8-14(23)10-16(17)21(29-19)15-6-5-7-18(27-4)13(15)3/h5-10,12,19,21H,11H2,1-4H3,(H,24,26). The van der Waals surface area contributed by atoms with Crippen molar-refractivity contribution in [1.29, 1.82) is 0 Å². The van der Waals surface area contributed by atoms with E-state index in [2.05, 4.69) is 5.32 Å². The van der Waals surface area contributed by atoms with E-state index in [1.54, 1.807) is 33.1 Å². The Labute approximate surface area is 180 Å². The number of carbonyl (C=O) groups excluding carboxylic acids is 2. The van der Waals surface area contributed by atoms with E-state index < -0.39 is 11.2 Å². The molecule has 0 spiro atoms. The lowest BCUT2D eigenvalue weighted by atomic mass is 9.98. The Morgan fingerprint density at radius 1 is 1.24 bits per heavy atom. The Balaban J connectivity index is 2.05. The maximum atomic E-state index is 12.9. The van der Waals surface area contributed by atoms with E-state index in [4.69, 9.17) is 21.1 Å². The fraction of sp³-hybridized carbons (Fsp3) is 0.364. The average molecular weight is 434 g/mol. The first-order valence-corrected chi connectivity index (χ1v) is 10.7. The van der Waals surface area contributed by atoms with Crippen molar-refractivity contribution in [1.82, 2.24) is 0 Å². The molecule has 0 bridgehead atoms. The highest BCUT2D eigenvalue weighted by molar-refractivity contribution is 8.01. The molecule has 0 fully saturated rings. The number of hydrogen-bond donors (Lipinski definition) is 1. The van der Waals surface area contributed by atoms with Crippen molar-refractivity contribution in [3.63, 3.8) is 0 Å². The minimum Gasteiger partial charge on any atom is -0.496 e. The van der Waals surface area contributed by atoms with Crippen molar-refractivity contribution in [3.8, 4) is 5.75 Å². The van der Waals surface area contributed by atoms with Crippen LogP contribution in [0, 0.1) is 6.92 Å². The molecule has 1 N–H and O–H groups in total. The number of carbonyl (C=O) groups is 2. The molecule has 1 aliphatic rings. The van der Waals surface area contributed by atoms with Crippen LogP contribution in [0.2, 0.25) is 5.02 Å². The lowest BCUT2D eigenvalue weighted by Gasteiger charge is -2.23. The molecular formula is C22H24ClNO4S. The number of rotatable bonds is 5. The predicted molar refractivity (Wildman–Crippen MR) is 117 cm³/mol. The van der Waals surface area contributed by atoms with Gasteiger partial charge >= 0.3 is 5.97 Å². The second kappa shape index (κ2) is 9.09. The summed E-state index contributed by atoms with van der Waals surface area (Å²) < 4.78 is 10.7. The summed E-state index contributed by atoms with van der Waals surface area (Å²) in [5.41, 5.74) is 3.58. The molecule has 3 rings (SSSR count). The van der Waals surface area contributed by atoms with Crippen LogP contribution >= 0.6 is 23.4 Å². The van der Waals surface area contributed by atoms with Gasteiger partial charge < -0.3 is 14.8 Å². The topological polar surface area (TPSA) is 64.6 Å². The number of benzene rings is 2. The second-order valence-electron chi connectivity index (χ2n) is 7.14. The van der Waals surface area contributed by atoms with Crippen molar-refractivity contribution in [2.45, 2.75) is 43.8 Å². The third kappa shape index (κ3) is 4.87. The van der Waals surface area contributed by atoms with E-state index >= 15 is 0 Å². The summed E-state index contributed by atoms with van der Waals surface area (Å²) in [7, 11) is 1.63. The van der Waals surface area contributed by atoms with Gasteiger partial charge in [-0.2, -0.15) is 0 Å². The number of fused-ring (bicyclic) bond motifs is 1. The number of hydrogen-bond acceptors (Lipinski definition) is 5. The number of esters is 1. The molecule has 2 atom stereocenters.